The Bertz CT molecular complexity index is 1490. The number of para-hydroxylation sites is 1. The van der Waals surface area contributed by atoms with E-state index in [4.69, 9.17) is 10.7 Å². The number of anilines is 2. The first kappa shape index (κ1) is 22.1. The molecule has 3 aromatic rings. The lowest BCUT2D eigenvalue weighted by molar-refractivity contribution is -0.166. The van der Waals surface area contributed by atoms with Crippen LogP contribution in [-0.4, -0.2) is 52.9 Å². The maximum Gasteiger partial charge on any atom is 0.391 e. The summed E-state index contributed by atoms with van der Waals surface area (Å²) >= 11 is 0. The molecule has 3 aromatic carbocycles. The molecule has 4 aliphatic rings. The summed E-state index contributed by atoms with van der Waals surface area (Å²) in [7, 11) is 1.55. The normalized spacial score (nSPS) is 22.9. The van der Waals surface area contributed by atoms with Crippen LogP contribution < -0.4 is 15.2 Å². The average Bonchev–Trinajstić information content (AvgIpc) is 3.04. The molecule has 2 N–H and O–H groups in total. The summed E-state index contributed by atoms with van der Waals surface area (Å²) in [5.41, 5.74) is 8.36. The van der Waals surface area contributed by atoms with Gasteiger partial charge in [0.05, 0.1) is 28.7 Å². The highest BCUT2D eigenvalue weighted by Gasteiger charge is 2.67. The predicted octanol–water partition coefficient (Wildman–Crippen LogP) is 3.06. The lowest BCUT2D eigenvalue weighted by Gasteiger charge is -2.42. The van der Waals surface area contributed by atoms with Crippen molar-refractivity contribution in [2.24, 2.45) is 10.7 Å². The fourth-order valence-electron chi connectivity index (χ4n) is 5.11. The van der Waals surface area contributed by atoms with Gasteiger partial charge in [-0.1, -0.05) is 53.6 Å². The van der Waals surface area contributed by atoms with E-state index in [2.05, 4.69) is 0 Å². The van der Waals surface area contributed by atoms with E-state index in [0.717, 1.165) is 10.1 Å². The van der Waals surface area contributed by atoms with Gasteiger partial charge >= 0.3 is 17.8 Å². The van der Waals surface area contributed by atoms with Crippen molar-refractivity contribution < 1.29 is 18.8 Å². The summed E-state index contributed by atoms with van der Waals surface area (Å²) in [6.45, 7) is 1.48. The average molecular weight is 485 g/mol. The fraction of sp³-hybridized carbons (Fsp3) is 0.154. The van der Waals surface area contributed by atoms with E-state index in [9.17, 15) is 14.4 Å². The van der Waals surface area contributed by atoms with Crippen LogP contribution in [0.25, 0.3) is 0 Å². The number of rotatable bonds is 3. The summed E-state index contributed by atoms with van der Waals surface area (Å²) in [5.74, 6) is -1.78. The van der Waals surface area contributed by atoms with Crippen molar-refractivity contribution in [2.45, 2.75) is 19.1 Å². The Balaban J connectivity index is 1.77. The SMILES string of the molecule is C[C@H](N)C(=O)N1N2C(=O)N(c3ccccc3F)c3cccc4c3C(c3ccccc3)=NC2C(=O)[N@@+]41C. The van der Waals surface area contributed by atoms with Crippen molar-refractivity contribution in [2.75, 3.05) is 11.9 Å². The minimum atomic E-state index is -1.37. The van der Waals surface area contributed by atoms with Crippen molar-refractivity contribution in [1.82, 2.24) is 14.7 Å². The van der Waals surface area contributed by atoms with Gasteiger partial charge in [0, 0.05) is 11.6 Å². The molecule has 1 unspecified atom stereocenters. The molecule has 10 heteroatoms. The number of carbonyl (C=O) groups excluding carboxylic acids is 3. The number of nitrogens with two attached hydrogens (primary N) is 1. The number of carbonyl (C=O) groups is 3. The first-order valence-electron chi connectivity index (χ1n) is 11.4. The molecule has 4 amide bonds. The van der Waals surface area contributed by atoms with Crippen molar-refractivity contribution >= 4 is 40.6 Å². The lowest BCUT2D eigenvalue weighted by Crippen LogP contribution is -2.67. The molecule has 0 saturated carbocycles. The molecule has 6 bridgehead atoms. The number of hydrazine groups is 1. The molecule has 0 spiro atoms. The number of nitrogens with zero attached hydrogens (tertiary/aromatic N) is 5. The number of aliphatic imine (C=N–C) groups is 1. The maximum absolute atomic E-state index is 15.2. The van der Waals surface area contributed by atoms with Gasteiger partial charge in [-0.3, -0.25) is 9.69 Å². The topological polar surface area (TPSA) is 99.3 Å². The third-order valence-electron chi connectivity index (χ3n) is 6.80. The van der Waals surface area contributed by atoms with E-state index in [1.165, 1.54) is 30.0 Å². The minimum Gasteiger partial charge on any atom is -0.320 e. The number of likely N-dealkylation sites (N-methyl/N-ethyl adjacent to an activating group) is 1. The van der Waals surface area contributed by atoms with Crippen LogP contribution in [0.5, 0.6) is 0 Å². The van der Waals surface area contributed by atoms with Crippen LogP contribution in [-0.2, 0) is 9.59 Å². The Morgan fingerprint density at radius 1 is 1.00 bits per heavy atom. The van der Waals surface area contributed by atoms with Gasteiger partial charge in [0.15, 0.2) is 5.69 Å². The van der Waals surface area contributed by atoms with E-state index in [1.54, 1.807) is 31.3 Å². The second kappa shape index (κ2) is 7.54. The summed E-state index contributed by atoms with van der Waals surface area (Å²) in [6.07, 6.45) is -1.37. The Labute approximate surface area is 206 Å². The van der Waals surface area contributed by atoms with Gasteiger partial charge in [0.1, 0.15) is 12.9 Å². The van der Waals surface area contributed by atoms with Crippen LogP contribution >= 0.6 is 0 Å². The molecule has 4 aliphatic heterocycles. The Morgan fingerprint density at radius 2 is 1.67 bits per heavy atom. The Hall–Kier alpha value is -4.41. The first-order valence-corrected chi connectivity index (χ1v) is 11.4. The molecule has 36 heavy (non-hydrogen) atoms. The zero-order valence-electron chi connectivity index (χ0n) is 19.5. The summed E-state index contributed by atoms with van der Waals surface area (Å²) < 4.78 is 14.5. The third-order valence-corrected chi connectivity index (χ3v) is 6.80. The zero-order valence-corrected chi connectivity index (χ0v) is 19.5. The van der Waals surface area contributed by atoms with Crippen LogP contribution in [0.4, 0.5) is 26.2 Å². The maximum atomic E-state index is 15.2. The highest BCUT2D eigenvalue weighted by Crippen LogP contribution is 2.49. The zero-order chi connectivity index (χ0) is 25.4. The number of hydrogen-bond acceptors (Lipinski definition) is 5. The van der Waals surface area contributed by atoms with Crippen molar-refractivity contribution in [3.05, 3.63) is 89.7 Å². The van der Waals surface area contributed by atoms with E-state index in [0.29, 0.717) is 28.2 Å². The quantitative estimate of drug-likeness (QED) is 0.577. The van der Waals surface area contributed by atoms with Crippen molar-refractivity contribution in [1.29, 1.82) is 0 Å². The molecule has 1 fully saturated rings. The van der Waals surface area contributed by atoms with Crippen LogP contribution in [0.2, 0.25) is 0 Å². The van der Waals surface area contributed by atoms with E-state index in [1.807, 2.05) is 30.3 Å². The number of halogens is 1. The predicted molar refractivity (Wildman–Crippen MR) is 131 cm³/mol. The molecule has 0 aromatic heterocycles. The van der Waals surface area contributed by atoms with Gasteiger partial charge in [-0.05, 0) is 25.1 Å². The number of hydrogen-bond donors (Lipinski definition) is 1. The minimum absolute atomic E-state index is 0.0161. The molecular formula is C26H22FN6O3+. The summed E-state index contributed by atoms with van der Waals surface area (Å²) in [5, 5.41) is 2.06. The van der Waals surface area contributed by atoms with Gasteiger partial charge in [-0.2, -0.15) is 0 Å². The molecule has 0 aliphatic carbocycles. The molecule has 7 rings (SSSR count). The van der Waals surface area contributed by atoms with Gasteiger partial charge in [-0.25, -0.2) is 19.0 Å². The molecule has 0 radical (unpaired) electrons. The molecular weight excluding hydrogens is 463 g/mol. The smallest absolute Gasteiger partial charge is 0.320 e. The highest BCUT2D eigenvalue weighted by atomic mass is 19.1. The Morgan fingerprint density at radius 3 is 2.36 bits per heavy atom. The van der Waals surface area contributed by atoms with E-state index in [-0.39, 0.29) is 5.69 Å². The first-order chi connectivity index (χ1) is 17.3. The van der Waals surface area contributed by atoms with Gasteiger partial charge in [-0.15, -0.1) is 9.60 Å². The van der Waals surface area contributed by atoms with Crippen molar-refractivity contribution in [3.63, 3.8) is 0 Å². The van der Waals surface area contributed by atoms with E-state index < -0.39 is 40.5 Å². The molecule has 3 atom stereocenters. The Kier molecular flexibility index (Phi) is 4.63. The van der Waals surface area contributed by atoms with Crippen LogP contribution in [0.3, 0.4) is 0 Å². The van der Waals surface area contributed by atoms with Gasteiger partial charge < -0.3 is 5.73 Å². The number of amides is 4. The molecule has 1 saturated heterocycles. The molecule has 180 valence electrons. The number of fused-ring (bicyclic) bond motifs is 1. The van der Waals surface area contributed by atoms with Gasteiger partial charge in [0.25, 0.3) is 6.17 Å². The van der Waals surface area contributed by atoms with E-state index >= 15 is 4.39 Å². The van der Waals surface area contributed by atoms with Crippen LogP contribution in [0.15, 0.2) is 77.8 Å². The summed E-state index contributed by atoms with van der Waals surface area (Å²) in [6, 6.07) is 18.4. The third kappa shape index (κ3) is 2.70. The summed E-state index contributed by atoms with van der Waals surface area (Å²) in [4.78, 5) is 47.6. The van der Waals surface area contributed by atoms with Crippen LogP contribution in [0, 0.1) is 5.82 Å². The second-order valence-electron chi connectivity index (χ2n) is 9.02. The van der Waals surface area contributed by atoms with Gasteiger partial charge in [0.2, 0.25) is 0 Å². The largest absolute Gasteiger partial charge is 0.391 e. The standard InChI is InChI=1S/C26H22FN6O3/c1-15(28)24(34)32-31-23-25(35)33(32,2)20-14-8-13-19(21(20)22(29-23)16-9-4-3-5-10-16)30(26(31)36)18-12-7-6-11-17(18)27/h3-15,23H,28H2,1-2H3/q+1/t15-,23?,33+/m0/s1. The fourth-order valence-corrected chi connectivity index (χ4v) is 5.11. The lowest BCUT2D eigenvalue weighted by atomic mass is 9.96. The van der Waals surface area contributed by atoms with Crippen LogP contribution in [0.1, 0.15) is 18.1 Å². The monoisotopic (exact) mass is 485 g/mol. The van der Waals surface area contributed by atoms with Crippen molar-refractivity contribution in [3.8, 4) is 0 Å². The second-order valence-corrected chi connectivity index (χ2v) is 9.02. The number of benzene rings is 3. The molecule has 9 nitrogen and oxygen atoms in total. The highest BCUT2D eigenvalue weighted by molar-refractivity contribution is 6.25. The molecule has 4 heterocycles. The number of urea groups is 1. The number of quaternary nitrogens is 1.